The van der Waals surface area contributed by atoms with Crippen LogP contribution in [0.25, 0.3) is 22.5 Å². The van der Waals surface area contributed by atoms with E-state index in [2.05, 4.69) is 47.8 Å². The standard InChI is InChI=1S/C39H51N11O5.C2HF3O2/c1-39(2,3)55-38(53)42-23-26-8-12-29(13-9-26)35(51)50(30-16-14-28(15-17-30)33-44-46-47-45-33)36(52)32(40)22-25-6-10-27(11-7-25)31-24-41-37(43-34(31)54-5)49-20-18-48(4)19-21-49;3-2(4,5)1(6)7/h6-7,10-11,14-17,24,26,29,32H,8-9,12-13,18-23,40H2,1-5H3,(H,42,53)(H,44,45,46,47);(H,6,7)/t26-,29-,32-;/m0./s1. The summed E-state index contributed by atoms with van der Waals surface area (Å²) in [6.07, 6.45) is -0.963. The van der Waals surface area contributed by atoms with Crippen molar-refractivity contribution in [2.24, 2.45) is 17.6 Å². The number of carbonyl (C=O) groups is 4. The van der Waals surface area contributed by atoms with Crippen molar-refractivity contribution in [3.63, 3.8) is 0 Å². The zero-order valence-electron chi connectivity index (χ0n) is 35.2. The van der Waals surface area contributed by atoms with Gasteiger partial charge in [-0.3, -0.25) is 9.59 Å². The van der Waals surface area contributed by atoms with Gasteiger partial charge in [-0.15, -0.1) is 10.2 Å². The Kier molecular flexibility index (Phi) is 15.5. The van der Waals surface area contributed by atoms with Crippen LogP contribution in [0.2, 0.25) is 0 Å². The number of alkyl halides is 3. The number of hydrogen-bond donors (Lipinski definition) is 4. The number of aliphatic carboxylic acids is 1. The average molecular weight is 868 g/mol. The lowest BCUT2D eigenvalue weighted by Gasteiger charge is -2.32. The molecule has 4 aromatic rings. The molecule has 18 nitrogen and oxygen atoms in total. The van der Waals surface area contributed by atoms with E-state index < -0.39 is 35.8 Å². The molecule has 21 heteroatoms. The maximum atomic E-state index is 14.2. The van der Waals surface area contributed by atoms with Crippen molar-refractivity contribution in [1.82, 2.24) is 40.8 Å². The van der Waals surface area contributed by atoms with Crippen molar-refractivity contribution in [1.29, 1.82) is 0 Å². The van der Waals surface area contributed by atoms with Gasteiger partial charge in [-0.05, 0) is 106 Å². The quantitative estimate of drug-likeness (QED) is 0.163. The van der Waals surface area contributed by atoms with Crippen LogP contribution in [0.4, 0.5) is 29.6 Å². The molecule has 3 heterocycles. The van der Waals surface area contributed by atoms with Gasteiger partial charge >= 0.3 is 18.2 Å². The normalized spacial score (nSPS) is 17.5. The number of rotatable bonds is 11. The molecule has 0 unspecified atom stereocenters. The van der Waals surface area contributed by atoms with Crippen LogP contribution in [0.3, 0.4) is 0 Å². The summed E-state index contributed by atoms with van der Waals surface area (Å²) in [7, 11) is 3.70. The van der Waals surface area contributed by atoms with Crippen LogP contribution in [-0.2, 0) is 25.5 Å². The Morgan fingerprint density at radius 1 is 0.968 bits per heavy atom. The molecule has 62 heavy (non-hydrogen) atoms. The number of aromatic amines is 1. The van der Waals surface area contributed by atoms with E-state index in [1.165, 1.54) is 4.90 Å². The molecule has 3 amide bonds. The topological polar surface area (TPSA) is 235 Å². The number of amides is 3. The summed E-state index contributed by atoms with van der Waals surface area (Å²) in [5.41, 5.74) is 9.56. The predicted octanol–water partition coefficient (Wildman–Crippen LogP) is 4.48. The van der Waals surface area contributed by atoms with E-state index in [1.807, 2.05) is 45.0 Å². The van der Waals surface area contributed by atoms with Crippen LogP contribution in [0.15, 0.2) is 54.7 Å². The Morgan fingerprint density at radius 2 is 1.58 bits per heavy atom. The van der Waals surface area contributed by atoms with Gasteiger partial charge in [0.15, 0.2) is 0 Å². The van der Waals surface area contributed by atoms with Gasteiger partial charge in [0.05, 0.1) is 24.4 Å². The van der Waals surface area contributed by atoms with E-state index >= 15 is 0 Å². The van der Waals surface area contributed by atoms with Crippen molar-refractivity contribution >= 4 is 35.5 Å². The predicted molar refractivity (Wildman–Crippen MR) is 221 cm³/mol. The Hall–Kier alpha value is -6.22. The van der Waals surface area contributed by atoms with Gasteiger partial charge in [-0.25, -0.2) is 19.5 Å². The number of benzene rings is 2. The van der Waals surface area contributed by atoms with Crippen LogP contribution in [0, 0.1) is 11.8 Å². The van der Waals surface area contributed by atoms with Gasteiger partial charge in [0.25, 0.3) is 5.91 Å². The van der Waals surface area contributed by atoms with Gasteiger partial charge in [-0.1, -0.05) is 24.3 Å². The highest BCUT2D eigenvalue weighted by Gasteiger charge is 2.38. The van der Waals surface area contributed by atoms with Gasteiger partial charge in [0, 0.05) is 50.4 Å². The molecule has 2 aliphatic rings. The number of imide groups is 1. The van der Waals surface area contributed by atoms with E-state index in [9.17, 15) is 27.6 Å². The second-order valence-corrected chi connectivity index (χ2v) is 16.1. The Bertz CT molecular complexity index is 2120. The number of hydrogen-bond acceptors (Lipinski definition) is 14. The first kappa shape index (κ1) is 46.8. The number of nitrogens with two attached hydrogens (primary N) is 1. The van der Waals surface area contributed by atoms with Crippen LogP contribution >= 0.6 is 0 Å². The first-order valence-corrected chi connectivity index (χ1v) is 20.0. The number of alkyl carbamates (subject to hydrolysis) is 1. The second-order valence-electron chi connectivity index (χ2n) is 16.1. The van der Waals surface area contributed by atoms with E-state index in [4.69, 9.17) is 30.1 Å². The third-order valence-electron chi connectivity index (χ3n) is 10.3. The molecule has 1 aliphatic heterocycles. The average Bonchev–Trinajstić information content (AvgIpc) is 3.78. The summed E-state index contributed by atoms with van der Waals surface area (Å²) in [6.45, 7) is 9.49. The van der Waals surface area contributed by atoms with Crippen LogP contribution < -0.4 is 25.6 Å². The molecule has 1 atom stereocenters. The number of likely N-dealkylation sites (N-methyl/N-ethyl adjacent to an activating group) is 1. The minimum atomic E-state index is -5.08. The molecule has 2 aromatic carbocycles. The maximum Gasteiger partial charge on any atom is 0.490 e. The maximum absolute atomic E-state index is 14.2. The molecule has 1 aliphatic carbocycles. The summed E-state index contributed by atoms with van der Waals surface area (Å²) in [5.74, 6) is -2.22. The molecule has 0 radical (unpaired) electrons. The fourth-order valence-electron chi connectivity index (χ4n) is 6.94. The second kappa shape index (κ2) is 20.6. The Balaban J connectivity index is 0.000000955. The first-order chi connectivity index (χ1) is 29.3. The zero-order valence-corrected chi connectivity index (χ0v) is 35.2. The highest BCUT2D eigenvalue weighted by atomic mass is 19.4. The van der Waals surface area contributed by atoms with Crippen molar-refractivity contribution < 1.29 is 46.9 Å². The zero-order chi connectivity index (χ0) is 45.2. The summed E-state index contributed by atoms with van der Waals surface area (Å²) in [6, 6.07) is 13.6. The van der Waals surface area contributed by atoms with Gasteiger partial charge in [-0.2, -0.15) is 23.4 Å². The Morgan fingerprint density at radius 3 is 2.13 bits per heavy atom. The third-order valence-corrected chi connectivity index (χ3v) is 10.3. The van der Waals surface area contributed by atoms with E-state index in [0.29, 0.717) is 48.3 Å². The summed E-state index contributed by atoms with van der Waals surface area (Å²) in [5, 5.41) is 24.1. The molecule has 5 N–H and O–H groups in total. The molecule has 334 valence electrons. The molecule has 6 rings (SSSR count). The number of halogens is 3. The molecule has 2 fully saturated rings. The van der Waals surface area contributed by atoms with Crippen LogP contribution in [0.5, 0.6) is 5.88 Å². The fourth-order valence-corrected chi connectivity index (χ4v) is 6.94. The van der Waals surface area contributed by atoms with Crippen LogP contribution in [0.1, 0.15) is 52.0 Å². The van der Waals surface area contributed by atoms with Gasteiger partial charge in [0.1, 0.15) is 5.60 Å². The van der Waals surface area contributed by atoms with Crippen molar-refractivity contribution in [3.8, 4) is 28.4 Å². The third kappa shape index (κ3) is 12.9. The minimum absolute atomic E-state index is 0.196. The number of carboxylic acids is 1. The van der Waals surface area contributed by atoms with E-state index in [1.54, 1.807) is 37.6 Å². The highest BCUT2D eigenvalue weighted by molar-refractivity contribution is 6.17. The molecular weight excluding hydrogens is 816 g/mol. The number of aromatic nitrogens is 6. The van der Waals surface area contributed by atoms with Gasteiger partial charge in [0.2, 0.25) is 23.6 Å². The summed E-state index contributed by atoms with van der Waals surface area (Å²) >= 11 is 0. The smallest absolute Gasteiger partial charge is 0.480 e. The Labute approximate surface area is 356 Å². The molecule has 0 spiro atoms. The number of H-pyrrole nitrogens is 1. The number of nitrogens with zero attached hydrogens (tertiary/aromatic N) is 8. The number of anilines is 2. The van der Waals surface area contributed by atoms with E-state index in [0.717, 1.165) is 55.7 Å². The number of carbonyl (C=O) groups excluding carboxylic acids is 3. The van der Waals surface area contributed by atoms with E-state index in [-0.39, 0.29) is 24.2 Å². The van der Waals surface area contributed by atoms with Gasteiger partial charge < -0.3 is 35.4 Å². The number of ether oxygens (including phenoxy) is 2. The number of methoxy groups -OCH3 is 1. The monoisotopic (exact) mass is 867 g/mol. The molecule has 2 aromatic heterocycles. The lowest BCUT2D eigenvalue weighted by molar-refractivity contribution is -0.192. The molecular formula is C41H52F3N11O7. The van der Waals surface area contributed by atoms with Crippen molar-refractivity contribution in [2.75, 3.05) is 56.7 Å². The van der Waals surface area contributed by atoms with Crippen molar-refractivity contribution in [3.05, 3.63) is 60.3 Å². The number of carboxylic acid groups (broad SMARTS) is 1. The molecule has 0 bridgehead atoms. The van der Waals surface area contributed by atoms with Crippen molar-refractivity contribution in [2.45, 2.75) is 70.7 Å². The first-order valence-electron chi connectivity index (χ1n) is 20.0. The fraction of sp³-hybridized carbons (Fsp3) is 0.488. The molecule has 1 saturated carbocycles. The number of tetrazole rings is 1. The molecule has 1 saturated heterocycles. The van der Waals surface area contributed by atoms with Crippen LogP contribution in [-0.4, -0.2) is 129 Å². The number of nitrogens with one attached hydrogen (secondary N) is 2. The summed E-state index contributed by atoms with van der Waals surface area (Å²) in [4.78, 5) is 64.5. The SMILES string of the molecule is COc1nc(N2CCN(C)CC2)ncc1-c1ccc(C[C@H](N)C(=O)N(c2ccc(-c3nn[nH]n3)cc2)C(=O)[C@H]2CC[C@H](CNC(=O)OC(C)(C)C)CC2)cc1.O=C(O)C(F)(F)F. The lowest BCUT2D eigenvalue weighted by Crippen LogP contribution is -2.50. The largest absolute Gasteiger partial charge is 0.490 e. The minimum Gasteiger partial charge on any atom is -0.480 e. The summed E-state index contributed by atoms with van der Waals surface area (Å²) < 4.78 is 42.8. The highest BCUT2D eigenvalue weighted by Crippen LogP contribution is 2.33. The number of piperazine rings is 1. The lowest BCUT2D eigenvalue weighted by atomic mass is 9.81.